The van der Waals surface area contributed by atoms with Crippen molar-refractivity contribution in [3.05, 3.63) is 0 Å². The third-order valence-corrected chi connectivity index (χ3v) is 1.82. The molecule has 0 aromatic heterocycles. The van der Waals surface area contributed by atoms with Gasteiger partial charge < -0.3 is 9.80 Å². The number of amides is 2. The van der Waals surface area contributed by atoms with E-state index in [0.29, 0.717) is 11.8 Å². The molecule has 84 valence electrons. The fourth-order valence-corrected chi connectivity index (χ4v) is 1.40. The molecule has 2 amide bonds. The van der Waals surface area contributed by atoms with Crippen LogP contribution in [0.5, 0.6) is 0 Å². The lowest BCUT2D eigenvalue weighted by molar-refractivity contribution is 0.158. The second-order valence-corrected chi connectivity index (χ2v) is 4.87. The quantitative estimate of drug-likeness (QED) is 0.683. The third kappa shape index (κ3) is 5.10. The predicted octanol–water partition coefficient (Wildman–Crippen LogP) is 2.28. The number of nitrogens with zero attached hydrogens (tertiary/aromatic N) is 2. The minimum absolute atomic E-state index is 0.118. The molecule has 0 aliphatic rings. The minimum atomic E-state index is 0.118. The topological polar surface area (TPSA) is 23.6 Å². The highest BCUT2D eigenvalue weighted by Crippen LogP contribution is 2.05. The maximum absolute atomic E-state index is 11.8. The van der Waals surface area contributed by atoms with Crippen LogP contribution < -0.4 is 0 Å². The highest BCUT2D eigenvalue weighted by atomic mass is 16.2. The fourth-order valence-electron chi connectivity index (χ4n) is 1.40. The lowest BCUT2D eigenvalue weighted by atomic mass is 10.1. The molecule has 0 saturated carbocycles. The molecule has 0 rings (SSSR count). The van der Waals surface area contributed by atoms with Gasteiger partial charge in [0.2, 0.25) is 0 Å². The summed E-state index contributed by atoms with van der Waals surface area (Å²) >= 11 is 0. The molecule has 0 fully saturated rings. The van der Waals surface area contributed by atoms with Crippen LogP contribution in [0.15, 0.2) is 0 Å². The molecule has 0 aliphatic heterocycles. The van der Waals surface area contributed by atoms with E-state index in [1.807, 2.05) is 4.90 Å². The average Bonchev–Trinajstić information content (AvgIpc) is 1.99. The van der Waals surface area contributed by atoms with E-state index in [2.05, 4.69) is 27.7 Å². The summed E-state index contributed by atoms with van der Waals surface area (Å²) in [5.41, 5.74) is 0. The van der Waals surface area contributed by atoms with Crippen LogP contribution in [0.25, 0.3) is 0 Å². The first-order valence-electron chi connectivity index (χ1n) is 5.30. The molecule has 0 heterocycles. The summed E-state index contributed by atoms with van der Waals surface area (Å²) in [5, 5.41) is 0. The van der Waals surface area contributed by atoms with E-state index in [0.717, 1.165) is 13.1 Å². The number of carbonyl (C=O) groups is 1. The van der Waals surface area contributed by atoms with Gasteiger partial charge in [0.1, 0.15) is 0 Å². The second kappa shape index (κ2) is 5.89. The van der Waals surface area contributed by atoms with Crippen molar-refractivity contribution >= 4 is 6.03 Å². The maximum Gasteiger partial charge on any atom is 0.319 e. The summed E-state index contributed by atoms with van der Waals surface area (Å²) < 4.78 is 0. The summed E-state index contributed by atoms with van der Waals surface area (Å²) in [4.78, 5) is 15.3. The van der Waals surface area contributed by atoms with E-state index in [9.17, 15) is 4.79 Å². The highest BCUT2D eigenvalue weighted by molar-refractivity contribution is 5.73. The van der Waals surface area contributed by atoms with Gasteiger partial charge in [-0.2, -0.15) is 0 Å². The number of hydrogen-bond donors (Lipinski definition) is 0. The van der Waals surface area contributed by atoms with Crippen molar-refractivity contribution in [1.82, 2.24) is 9.80 Å². The first-order valence-corrected chi connectivity index (χ1v) is 5.30. The zero-order chi connectivity index (χ0) is 11.3. The molecule has 0 aromatic carbocycles. The molecular weight excluding hydrogens is 176 g/mol. The summed E-state index contributed by atoms with van der Waals surface area (Å²) in [6, 6.07) is 0.118. The van der Waals surface area contributed by atoms with Crippen LogP contribution in [0.3, 0.4) is 0 Å². The van der Waals surface area contributed by atoms with Crippen LogP contribution in [-0.4, -0.2) is 43.0 Å². The standard InChI is InChI=1S/C11H24N2O/c1-9(2)7-13(8-10(3)4)11(14)12(5)6/h9-10H,7-8H2,1-6H3. The van der Waals surface area contributed by atoms with Gasteiger partial charge in [0.15, 0.2) is 0 Å². The molecule has 3 heteroatoms. The fraction of sp³-hybridized carbons (Fsp3) is 0.909. The molecule has 0 N–H and O–H groups in total. The Morgan fingerprint density at radius 3 is 1.57 bits per heavy atom. The molecule has 0 atom stereocenters. The summed E-state index contributed by atoms with van der Waals surface area (Å²) in [6.45, 7) is 10.2. The van der Waals surface area contributed by atoms with Crippen molar-refractivity contribution in [3.8, 4) is 0 Å². The normalized spacial score (nSPS) is 10.9. The number of carbonyl (C=O) groups excluding carboxylic acids is 1. The third-order valence-electron chi connectivity index (χ3n) is 1.82. The van der Waals surface area contributed by atoms with Gasteiger partial charge in [0.05, 0.1) is 0 Å². The maximum atomic E-state index is 11.8. The van der Waals surface area contributed by atoms with Crippen molar-refractivity contribution in [2.75, 3.05) is 27.2 Å². The van der Waals surface area contributed by atoms with Gasteiger partial charge in [-0.3, -0.25) is 0 Å². The van der Waals surface area contributed by atoms with Gasteiger partial charge in [-0.15, -0.1) is 0 Å². The lowest BCUT2D eigenvalue weighted by Crippen LogP contribution is -2.43. The predicted molar refractivity (Wildman–Crippen MR) is 60.3 cm³/mol. The van der Waals surface area contributed by atoms with Crippen molar-refractivity contribution in [2.24, 2.45) is 11.8 Å². The van der Waals surface area contributed by atoms with E-state index >= 15 is 0 Å². The van der Waals surface area contributed by atoms with Gasteiger partial charge in [0.25, 0.3) is 0 Å². The molecule has 0 aliphatic carbocycles. The zero-order valence-electron chi connectivity index (χ0n) is 10.4. The largest absolute Gasteiger partial charge is 0.331 e. The molecule has 0 unspecified atom stereocenters. The first kappa shape index (κ1) is 13.3. The first-order chi connectivity index (χ1) is 6.34. The Bertz CT molecular complexity index is 166. The monoisotopic (exact) mass is 200 g/mol. The van der Waals surface area contributed by atoms with E-state index in [1.54, 1.807) is 19.0 Å². The smallest absolute Gasteiger partial charge is 0.319 e. The van der Waals surface area contributed by atoms with E-state index in [1.165, 1.54) is 0 Å². The Balaban J connectivity index is 4.31. The molecule has 14 heavy (non-hydrogen) atoms. The minimum Gasteiger partial charge on any atom is -0.331 e. The molecular formula is C11H24N2O. The van der Waals surface area contributed by atoms with Gasteiger partial charge in [-0.25, -0.2) is 4.79 Å². The number of hydrogen-bond acceptors (Lipinski definition) is 1. The molecule has 0 saturated heterocycles. The summed E-state index contributed by atoms with van der Waals surface area (Å²) in [5.74, 6) is 1.05. The molecule has 0 radical (unpaired) electrons. The van der Waals surface area contributed by atoms with Crippen molar-refractivity contribution in [1.29, 1.82) is 0 Å². The Hall–Kier alpha value is -0.730. The lowest BCUT2D eigenvalue weighted by Gasteiger charge is -2.29. The molecule has 0 bridgehead atoms. The Kier molecular flexibility index (Phi) is 5.58. The second-order valence-electron chi connectivity index (χ2n) is 4.87. The molecule has 0 aromatic rings. The van der Waals surface area contributed by atoms with Crippen LogP contribution in [0.4, 0.5) is 4.79 Å². The SMILES string of the molecule is CC(C)CN(CC(C)C)C(=O)N(C)C. The van der Waals surface area contributed by atoms with Crippen molar-refractivity contribution in [3.63, 3.8) is 0 Å². The number of rotatable bonds is 4. The van der Waals surface area contributed by atoms with Crippen LogP contribution in [0.1, 0.15) is 27.7 Å². The average molecular weight is 200 g/mol. The molecule has 3 nitrogen and oxygen atoms in total. The van der Waals surface area contributed by atoms with Crippen molar-refractivity contribution in [2.45, 2.75) is 27.7 Å². The Morgan fingerprint density at radius 1 is 1.00 bits per heavy atom. The van der Waals surface area contributed by atoms with Gasteiger partial charge >= 0.3 is 6.03 Å². The van der Waals surface area contributed by atoms with Gasteiger partial charge in [-0.05, 0) is 11.8 Å². The summed E-state index contributed by atoms with van der Waals surface area (Å²) in [6.07, 6.45) is 0. The Morgan fingerprint density at radius 2 is 1.36 bits per heavy atom. The van der Waals surface area contributed by atoms with Crippen LogP contribution in [0, 0.1) is 11.8 Å². The Labute approximate surface area is 88.1 Å². The van der Waals surface area contributed by atoms with Crippen LogP contribution in [0.2, 0.25) is 0 Å². The van der Waals surface area contributed by atoms with E-state index in [-0.39, 0.29) is 6.03 Å². The van der Waals surface area contributed by atoms with Gasteiger partial charge in [-0.1, -0.05) is 27.7 Å². The van der Waals surface area contributed by atoms with E-state index < -0.39 is 0 Å². The highest BCUT2D eigenvalue weighted by Gasteiger charge is 2.17. The van der Waals surface area contributed by atoms with E-state index in [4.69, 9.17) is 0 Å². The molecule has 0 spiro atoms. The van der Waals surface area contributed by atoms with Gasteiger partial charge in [0, 0.05) is 27.2 Å². The van der Waals surface area contributed by atoms with Crippen LogP contribution in [-0.2, 0) is 0 Å². The van der Waals surface area contributed by atoms with Crippen LogP contribution >= 0.6 is 0 Å². The summed E-state index contributed by atoms with van der Waals surface area (Å²) in [7, 11) is 3.60. The zero-order valence-corrected chi connectivity index (χ0v) is 10.4. The van der Waals surface area contributed by atoms with Crippen molar-refractivity contribution < 1.29 is 4.79 Å². The number of urea groups is 1.